The van der Waals surface area contributed by atoms with E-state index < -0.39 is 0 Å². The molecule has 1 aromatic rings. The number of hydrogen-bond acceptors (Lipinski definition) is 2. The molecule has 0 aromatic carbocycles. The first-order valence-corrected chi connectivity index (χ1v) is 7.06. The number of pyridine rings is 1. The van der Waals surface area contributed by atoms with Gasteiger partial charge in [-0.25, -0.2) is 4.98 Å². The fraction of sp³-hybridized carbons (Fsp3) is 0.643. The molecule has 94 valence electrons. The molecule has 0 bridgehead atoms. The van der Waals surface area contributed by atoms with E-state index in [1.807, 2.05) is 6.07 Å². The molecular weight excluding hydrogens is 276 g/mol. The Bertz CT molecular complexity index is 415. The molecule has 0 saturated heterocycles. The van der Waals surface area contributed by atoms with Gasteiger partial charge in [0.2, 0.25) is 0 Å². The van der Waals surface area contributed by atoms with Gasteiger partial charge in [-0.15, -0.1) is 0 Å². The van der Waals surface area contributed by atoms with E-state index in [0.717, 1.165) is 16.2 Å². The lowest BCUT2D eigenvalue weighted by Gasteiger charge is -2.20. The molecular formula is C14H21BrN2. The molecule has 0 spiro atoms. The Kier molecular flexibility index (Phi) is 3.48. The molecule has 1 heterocycles. The van der Waals surface area contributed by atoms with Crippen molar-refractivity contribution < 1.29 is 0 Å². The number of nitrogens with one attached hydrogen (secondary N) is 1. The maximum Gasteiger partial charge on any atom is 0.106 e. The van der Waals surface area contributed by atoms with Crippen molar-refractivity contribution in [1.82, 2.24) is 4.98 Å². The Labute approximate surface area is 112 Å². The van der Waals surface area contributed by atoms with Gasteiger partial charge < -0.3 is 5.32 Å². The first-order chi connectivity index (χ1) is 7.87. The Morgan fingerprint density at radius 3 is 2.59 bits per heavy atom. The normalized spacial score (nSPS) is 27.1. The number of rotatable bonds is 2. The van der Waals surface area contributed by atoms with Crippen LogP contribution in [0.4, 0.5) is 5.69 Å². The van der Waals surface area contributed by atoms with Crippen LogP contribution in [0.25, 0.3) is 0 Å². The van der Waals surface area contributed by atoms with Crippen LogP contribution in [-0.4, -0.2) is 11.0 Å². The molecule has 17 heavy (non-hydrogen) atoms. The van der Waals surface area contributed by atoms with E-state index in [9.17, 15) is 0 Å². The zero-order valence-electron chi connectivity index (χ0n) is 11.0. The van der Waals surface area contributed by atoms with Gasteiger partial charge in [-0.3, -0.25) is 0 Å². The van der Waals surface area contributed by atoms with E-state index >= 15 is 0 Å². The Balaban J connectivity index is 2.11. The van der Waals surface area contributed by atoms with Crippen molar-refractivity contribution in [3.8, 4) is 0 Å². The number of anilines is 1. The quantitative estimate of drug-likeness (QED) is 0.819. The molecule has 2 rings (SSSR count). The summed E-state index contributed by atoms with van der Waals surface area (Å²) in [5, 5.41) is 3.66. The van der Waals surface area contributed by atoms with E-state index in [1.165, 1.54) is 18.5 Å². The van der Waals surface area contributed by atoms with E-state index in [2.05, 4.69) is 60.0 Å². The summed E-state index contributed by atoms with van der Waals surface area (Å²) in [6.45, 7) is 9.11. The Morgan fingerprint density at radius 2 is 2.06 bits per heavy atom. The molecule has 0 amide bonds. The molecule has 1 saturated carbocycles. The SMILES string of the molecule is Cc1nc(Br)ccc1NC1CC(C)(C)CC1C. The zero-order chi connectivity index (χ0) is 12.6. The largest absolute Gasteiger partial charge is 0.381 e. The highest BCUT2D eigenvalue weighted by Crippen LogP contribution is 2.42. The van der Waals surface area contributed by atoms with Crippen molar-refractivity contribution in [2.24, 2.45) is 11.3 Å². The van der Waals surface area contributed by atoms with Crippen LogP contribution in [0.15, 0.2) is 16.7 Å². The van der Waals surface area contributed by atoms with E-state index in [-0.39, 0.29) is 0 Å². The van der Waals surface area contributed by atoms with Gasteiger partial charge in [0.25, 0.3) is 0 Å². The number of halogens is 1. The third-order valence-corrected chi connectivity index (χ3v) is 4.17. The van der Waals surface area contributed by atoms with Crippen LogP contribution in [0, 0.1) is 18.3 Å². The van der Waals surface area contributed by atoms with Crippen LogP contribution in [-0.2, 0) is 0 Å². The van der Waals surface area contributed by atoms with Crippen molar-refractivity contribution in [2.75, 3.05) is 5.32 Å². The van der Waals surface area contributed by atoms with Crippen LogP contribution in [0.3, 0.4) is 0 Å². The lowest BCUT2D eigenvalue weighted by atomic mass is 9.91. The number of nitrogens with zero attached hydrogens (tertiary/aromatic N) is 1. The highest BCUT2D eigenvalue weighted by atomic mass is 79.9. The van der Waals surface area contributed by atoms with Crippen molar-refractivity contribution in [3.05, 3.63) is 22.4 Å². The van der Waals surface area contributed by atoms with Crippen LogP contribution in [0.1, 0.15) is 39.3 Å². The van der Waals surface area contributed by atoms with E-state index in [1.54, 1.807) is 0 Å². The summed E-state index contributed by atoms with van der Waals surface area (Å²) in [7, 11) is 0. The lowest BCUT2D eigenvalue weighted by Crippen LogP contribution is -2.23. The average Bonchev–Trinajstić information content (AvgIpc) is 2.44. The highest BCUT2D eigenvalue weighted by molar-refractivity contribution is 9.10. The minimum Gasteiger partial charge on any atom is -0.381 e. The van der Waals surface area contributed by atoms with Crippen molar-refractivity contribution in [1.29, 1.82) is 0 Å². The highest BCUT2D eigenvalue weighted by Gasteiger charge is 2.36. The summed E-state index contributed by atoms with van der Waals surface area (Å²) in [6, 6.07) is 4.69. The van der Waals surface area contributed by atoms with Gasteiger partial charge in [-0.2, -0.15) is 0 Å². The number of hydrogen-bond donors (Lipinski definition) is 1. The molecule has 0 aliphatic heterocycles. The minimum atomic E-state index is 0.466. The molecule has 1 fully saturated rings. The Morgan fingerprint density at radius 1 is 1.35 bits per heavy atom. The topological polar surface area (TPSA) is 24.9 Å². The summed E-state index contributed by atoms with van der Waals surface area (Å²) in [5.74, 6) is 0.730. The fourth-order valence-corrected chi connectivity index (χ4v) is 3.37. The predicted molar refractivity (Wildman–Crippen MR) is 76.3 cm³/mol. The molecule has 1 aromatic heterocycles. The summed E-state index contributed by atoms with van der Waals surface area (Å²) >= 11 is 3.40. The lowest BCUT2D eigenvalue weighted by molar-refractivity contribution is 0.366. The molecule has 1 N–H and O–H groups in total. The molecule has 1 aliphatic carbocycles. The smallest absolute Gasteiger partial charge is 0.106 e. The van der Waals surface area contributed by atoms with Gasteiger partial charge in [0, 0.05) is 6.04 Å². The van der Waals surface area contributed by atoms with Crippen LogP contribution in [0.5, 0.6) is 0 Å². The monoisotopic (exact) mass is 296 g/mol. The van der Waals surface area contributed by atoms with Crippen LogP contribution in [0.2, 0.25) is 0 Å². The zero-order valence-corrected chi connectivity index (χ0v) is 12.6. The van der Waals surface area contributed by atoms with Gasteiger partial charge in [0.1, 0.15) is 4.60 Å². The molecule has 1 aliphatic rings. The minimum absolute atomic E-state index is 0.466. The van der Waals surface area contributed by atoms with Crippen molar-refractivity contribution in [2.45, 2.75) is 46.6 Å². The van der Waals surface area contributed by atoms with Gasteiger partial charge in [0.05, 0.1) is 11.4 Å². The fourth-order valence-electron chi connectivity index (χ4n) is 2.97. The summed E-state index contributed by atoms with van der Waals surface area (Å²) in [5.41, 5.74) is 2.70. The molecule has 3 heteroatoms. The van der Waals surface area contributed by atoms with E-state index in [4.69, 9.17) is 0 Å². The number of aryl methyl sites for hydroxylation is 1. The summed E-state index contributed by atoms with van der Waals surface area (Å²) < 4.78 is 0.903. The third kappa shape index (κ3) is 3.01. The van der Waals surface area contributed by atoms with Crippen LogP contribution < -0.4 is 5.32 Å². The predicted octanol–water partition coefficient (Wildman–Crippen LogP) is 4.39. The van der Waals surface area contributed by atoms with Crippen molar-refractivity contribution >= 4 is 21.6 Å². The Hall–Kier alpha value is -0.570. The van der Waals surface area contributed by atoms with Crippen LogP contribution >= 0.6 is 15.9 Å². The second kappa shape index (κ2) is 4.60. The standard InChI is InChI=1S/C14H21BrN2/c1-9-7-14(3,4)8-12(9)17-11-5-6-13(15)16-10(11)2/h5-6,9,12,17H,7-8H2,1-4H3. The van der Waals surface area contributed by atoms with Gasteiger partial charge in [-0.1, -0.05) is 20.8 Å². The van der Waals surface area contributed by atoms with Gasteiger partial charge in [0.15, 0.2) is 0 Å². The molecule has 2 unspecified atom stereocenters. The van der Waals surface area contributed by atoms with Gasteiger partial charge >= 0.3 is 0 Å². The number of aromatic nitrogens is 1. The second-order valence-electron chi connectivity index (χ2n) is 6.07. The van der Waals surface area contributed by atoms with E-state index in [0.29, 0.717) is 11.5 Å². The maximum absolute atomic E-state index is 4.43. The second-order valence-corrected chi connectivity index (χ2v) is 6.88. The van der Waals surface area contributed by atoms with Crippen molar-refractivity contribution in [3.63, 3.8) is 0 Å². The summed E-state index contributed by atoms with van der Waals surface area (Å²) in [6.07, 6.45) is 2.54. The van der Waals surface area contributed by atoms with Gasteiger partial charge in [-0.05, 0) is 59.2 Å². The first-order valence-electron chi connectivity index (χ1n) is 6.27. The summed E-state index contributed by atoms with van der Waals surface area (Å²) in [4.78, 5) is 4.43. The third-order valence-electron chi connectivity index (χ3n) is 3.73. The first kappa shape index (κ1) is 12.9. The average molecular weight is 297 g/mol. The molecule has 2 nitrogen and oxygen atoms in total. The maximum atomic E-state index is 4.43. The molecule has 0 radical (unpaired) electrons. The molecule has 2 atom stereocenters.